The van der Waals surface area contributed by atoms with Crippen LogP contribution in [0, 0.1) is 23.7 Å². The lowest BCUT2D eigenvalue weighted by Gasteiger charge is -2.22. The van der Waals surface area contributed by atoms with Crippen molar-refractivity contribution in [3.05, 3.63) is 23.0 Å². The first-order chi connectivity index (χ1) is 15.2. The molecule has 0 aliphatic heterocycles. The zero-order valence-electron chi connectivity index (χ0n) is 22.1. The summed E-state index contributed by atoms with van der Waals surface area (Å²) >= 11 is 0. The van der Waals surface area contributed by atoms with Crippen molar-refractivity contribution >= 4 is 11.6 Å². The van der Waals surface area contributed by atoms with E-state index in [0.717, 1.165) is 36.5 Å². The molecule has 0 aromatic rings. The molecule has 0 fully saturated rings. The van der Waals surface area contributed by atoms with Crippen molar-refractivity contribution in [1.82, 2.24) is 0 Å². The molecule has 0 spiro atoms. The number of methoxy groups -OCH3 is 1. The summed E-state index contributed by atoms with van der Waals surface area (Å²) in [6.45, 7) is 13.8. The van der Waals surface area contributed by atoms with Crippen LogP contribution in [0.25, 0.3) is 0 Å². The Labute approximate surface area is 198 Å². The molecule has 0 saturated heterocycles. The number of hydrogen-bond donors (Lipinski definition) is 0. The van der Waals surface area contributed by atoms with Crippen LogP contribution in [0.2, 0.25) is 0 Å². The molecule has 1 rings (SSSR count). The van der Waals surface area contributed by atoms with Crippen molar-refractivity contribution in [2.45, 2.75) is 119 Å². The molecule has 4 atom stereocenters. The van der Waals surface area contributed by atoms with Crippen molar-refractivity contribution in [2.24, 2.45) is 23.7 Å². The number of carbonyl (C=O) groups excluding carboxylic acids is 2. The maximum Gasteiger partial charge on any atom is 0.224 e. The van der Waals surface area contributed by atoms with Crippen LogP contribution in [-0.4, -0.2) is 18.7 Å². The molecule has 0 aromatic heterocycles. The van der Waals surface area contributed by atoms with E-state index in [-0.39, 0.29) is 17.3 Å². The maximum atomic E-state index is 12.4. The van der Waals surface area contributed by atoms with E-state index in [2.05, 4.69) is 34.6 Å². The van der Waals surface area contributed by atoms with Crippen molar-refractivity contribution in [1.29, 1.82) is 0 Å². The number of ketones is 2. The molecule has 184 valence electrons. The topological polar surface area (TPSA) is 43.4 Å². The van der Waals surface area contributed by atoms with Crippen molar-refractivity contribution in [2.75, 3.05) is 7.11 Å². The summed E-state index contributed by atoms with van der Waals surface area (Å²) in [5.74, 6) is 3.33. The van der Waals surface area contributed by atoms with E-state index >= 15 is 0 Å². The summed E-state index contributed by atoms with van der Waals surface area (Å²) in [6, 6.07) is 0. The highest BCUT2D eigenvalue weighted by molar-refractivity contribution is 6.21. The Morgan fingerprint density at radius 3 is 1.91 bits per heavy atom. The van der Waals surface area contributed by atoms with Gasteiger partial charge in [0.05, 0.1) is 7.11 Å². The van der Waals surface area contributed by atoms with Gasteiger partial charge in [-0.15, -0.1) is 0 Å². The molecule has 3 heteroatoms. The molecule has 1 aliphatic rings. The highest BCUT2D eigenvalue weighted by Crippen LogP contribution is 2.28. The fourth-order valence-electron chi connectivity index (χ4n) is 5.52. The maximum absolute atomic E-state index is 12.4. The number of unbranched alkanes of at least 4 members (excludes halogenated alkanes) is 4. The molecule has 32 heavy (non-hydrogen) atoms. The average Bonchev–Trinajstić information content (AvgIpc) is 2.71. The summed E-state index contributed by atoms with van der Waals surface area (Å²) in [5.41, 5.74) is 1.24. The minimum Gasteiger partial charge on any atom is -0.493 e. The van der Waals surface area contributed by atoms with Crippen LogP contribution < -0.4 is 0 Å². The second-order valence-electron chi connectivity index (χ2n) is 10.7. The zero-order valence-corrected chi connectivity index (χ0v) is 22.1. The third-order valence-electron chi connectivity index (χ3n) is 7.12. The summed E-state index contributed by atoms with van der Waals surface area (Å²) in [7, 11) is 1.45. The highest BCUT2D eigenvalue weighted by Gasteiger charge is 2.26. The van der Waals surface area contributed by atoms with Crippen LogP contribution in [0.3, 0.4) is 0 Å². The highest BCUT2D eigenvalue weighted by atomic mass is 16.5. The van der Waals surface area contributed by atoms with Crippen molar-refractivity contribution in [3.63, 3.8) is 0 Å². The van der Waals surface area contributed by atoms with Crippen molar-refractivity contribution in [3.8, 4) is 0 Å². The lowest BCUT2D eigenvalue weighted by atomic mass is 9.83. The molecule has 0 saturated carbocycles. The number of rotatable bonds is 17. The lowest BCUT2D eigenvalue weighted by molar-refractivity contribution is -0.118. The van der Waals surface area contributed by atoms with Gasteiger partial charge in [-0.3, -0.25) is 9.59 Å². The predicted octanol–water partition coefficient (Wildman–Crippen LogP) is 8.23. The summed E-state index contributed by atoms with van der Waals surface area (Å²) in [4.78, 5) is 24.4. The van der Waals surface area contributed by atoms with E-state index in [1.54, 1.807) is 6.92 Å². The minimum atomic E-state index is -0.110. The van der Waals surface area contributed by atoms with Gasteiger partial charge in [-0.2, -0.15) is 0 Å². The van der Waals surface area contributed by atoms with Gasteiger partial charge in [0.15, 0.2) is 11.5 Å². The molecule has 4 unspecified atom stereocenters. The van der Waals surface area contributed by atoms with E-state index < -0.39 is 0 Å². The van der Waals surface area contributed by atoms with Gasteiger partial charge in [0.1, 0.15) is 0 Å². The largest absolute Gasteiger partial charge is 0.493 e. The van der Waals surface area contributed by atoms with Gasteiger partial charge in [-0.1, -0.05) is 79.6 Å². The zero-order chi connectivity index (χ0) is 24.1. The van der Waals surface area contributed by atoms with E-state index in [1.165, 1.54) is 71.0 Å². The normalized spacial score (nSPS) is 18.4. The SMILES string of the molecule is CCCC(C)CC(C)CC(C)CC(C)CCCCCCCC1=C(C)C(=O)C=C(OC)C1=O. The van der Waals surface area contributed by atoms with Crippen LogP contribution in [0.5, 0.6) is 0 Å². The summed E-state index contributed by atoms with van der Waals surface area (Å²) in [6.07, 6.45) is 15.9. The van der Waals surface area contributed by atoms with E-state index in [9.17, 15) is 9.59 Å². The molecular formula is C29H50O3. The fraction of sp³-hybridized carbons (Fsp3) is 0.793. The van der Waals surface area contributed by atoms with Gasteiger partial charge in [0, 0.05) is 17.2 Å². The molecular weight excluding hydrogens is 396 g/mol. The Bertz CT molecular complexity index is 643. The molecule has 0 heterocycles. The molecule has 3 nitrogen and oxygen atoms in total. The first kappa shape index (κ1) is 28.7. The van der Waals surface area contributed by atoms with Gasteiger partial charge in [0.25, 0.3) is 0 Å². The molecule has 0 N–H and O–H groups in total. The molecule has 0 amide bonds. The first-order valence-electron chi connectivity index (χ1n) is 13.2. The summed E-state index contributed by atoms with van der Waals surface area (Å²) in [5, 5.41) is 0. The lowest BCUT2D eigenvalue weighted by Crippen LogP contribution is -2.19. The van der Waals surface area contributed by atoms with Crippen LogP contribution in [0.1, 0.15) is 119 Å². The molecule has 1 aliphatic carbocycles. The number of carbonyl (C=O) groups is 2. The van der Waals surface area contributed by atoms with E-state index in [4.69, 9.17) is 4.74 Å². The third-order valence-corrected chi connectivity index (χ3v) is 7.12. The smallest absolute Gasteiger partial charge is 0.224 e. The van der Waals surface area contributed by atoms with Crippen molar-refractivity contribution < 1.29 is 14.3 Å². The average molecular weight is 447 g/mol. The van der Waals surface area contributed by atoms with Gasteiger partial charge in [-0.25, -0.2) is 0 Å². The quantitative estimate of drug-likeness (QED) is 0.167. The number of allylic oxidation sites excluding steroid dienone is 3. The monoisotopic (exact) mass is 446 g/mol. The third kappa shape index (κ3) is 10.5. The molecule has 0 bridgehead atoms. The predicted molar refractivity (Wildman–Crippen MR) is 136 cm³/mol. The molecule has 0 radical (unpaired) electrons. The molecule has 0 aromatic carbocycles. The second kappa shape index (κ2) is 15.5. The number of Topliss-reactive ketones (excluding diaryl/α,β-unsaturated/α-hetero) is 1. The summed E-state index contributed by atoms with van der Waals surface area (Å²) < 4.78 is 5.07. The Hall–Kier alpha value is -1.38. The fourth-order valence-corrected chi connectivity index (χ4v) is 5.52. The van der Waals surface area contributed by atoms with Crippen LogP contribution >= 0.6 is 0 Å². The van der Waals surface area contributed by atoms with Gasteiger partial charge >= 0.3 is 0 Å². The Kier molecular flexibility index (Phi) is 13.8. The van der Waals surface area contributed by atoms with Gasteiger partial charge in [-0.05, 0) is 62.7 Å². The van der Waals surface area contributed by atoms with Gasteiger partial charge < -0.3 is 4.74 Å². The minimum absolute atomic E-state index is 0.0930. The number of ether oxygens (including phenoxy) is 1. The first-order valence-corrected chi connectivity index (χ1v) is 13.2. The van der Waals surface area contributed by atoms with E-state index in [0.29, 0.717) is 17.6 Å². The second-order valence-corrected chi connectivity index (χ2v) is 10.7. The Morgan fingerprint density at radius 1 is 0.781 bits per heavy atom. The van der Waals surface area contributed by atoms with Crippen LogP contribution in [0.15, 0.2) is 23.0 Å². The Balaban J connectivity index is 2.17. The number of hydrogen-bond acceptors (Lipinski definition) is 3. The van der Waals surface area contributed by atoms with Crippen LogP contribution in [-0.2, 0) is 14.3 Å². The van der Waals surface area contributed by atoms with Gasteiger partial charge in [0.2, 0.25) is 5.78 Å². The Morgan fingerprint density at radius 2 is 1.31 bits per heavy atom. The van der Waals surface area contributed by atoms with E-state index in [1.807, 2.05) is 0 Å². The van der Waals surface area contributed by atoms with Crippen LogP contribution in [0.4, 0.5) is 0 Å². The standard InChI is InChI=1S/C29H50O3/c1-8-14-21(2)17-23(4)19-24(5)18-22(3)15-12-10-9-11-13-16-26-25(6)27(30)20-28(32-7)29(26)31/h20-24H,8-19H2,1-7H3.